The number of amides is 3. The number of hydrogen-bond acceptors (Lipinski definition) is 7. The fraction of sp³-hybridized carbons (Fsp3) is 0.500. The predicted molar refractivity (Wildman–Crippen MR) is 121 cm³/mol. The Hall–Kier alpha value is -3.67. The van der Waals surface area contributed by atoms with Gasteiger partial charge in [0.05, 0.1) is 12.5 Å². The highest BCUT2D eigenvalue weighted by Gasteiger charge is 2.30. The highest BCUT2D eigenvalue weighted by molar-refractivity contribution is 5.95. The lowest BCUT2D eigenvalue weighted by Crippen LogP contribution is -2.57. The lowest BCUT2D eigenvalue weighted by Gasteiger charge is -2.24. The third kappa shape index (κ3) is 9.06. The average Bonchev–Trinajstić information content (AvgIpc) is 2.77. The van der Waals surface area contributed by atoms with Crippen LogP contribution in [0.5, 0.6) is 5.75 Å². The maximum atomic E-state index is 12.6. The Morgan fingerprint density at radius 2 is 1.44 bits per heavy atom. The molecule has 5 atom stereocenters. The number of aliphatic carboxylic acids is 2. The maximum absolute atomic E-state index is 12.6. The quantitative estimate of drug-likeness (QED) is 0.191. The summed E-state index contributed by atoms with van der Waals surface area (Å²) < 4.78 is 0. The van der Waals surface area contributed by atoms with E-state index in [4.69, 9.17) is 10.8 Å². The summed E-state index contributed by atoms with van der Waals surface area (Å²) >= 11 is 0. The number of phenols is 1. The highest BCUT2D eigenvalue weighted by atomic mass is 16.4. The molecule has 0 spiro atoms. The first-order valence-corrected chi connectivity index (χ1v) is 10.7. The van der Waals surface area contributed by atoms with Crippen LogP contribution in [0.25, 0.3) is 0 Å². The molecule has 1 aromatic rings. The second kappa shape index (κ2) is 13.1. The zero-order valence-electron chi connectivity index (χ0n) is 19.3. The predicted octanol–water partition coefficient (Wildman–Crippen LogP) is -0.658. The summed E-state index contributed by atoms with van der Waals surface area (Å²) in [6.07, 6.45) is -0.221. The first-order chi connectivity index (χ1) is 15.8. The van der Waals surface area contributed by atoms with Crippen molar-refractivity contribution in [2.45, 2.75) is 64.2 Å². The smallest absolute Gasteiger partial charge is 0.326 e. The van der Waals surface area contributed by atoms with Crippen LogP contribution in [0, 0.1) is 5.92 Å². The Kier molecular flexibility index (Phi) is 11.0. The lowest BCUT2D eigenvalue weighted by atomic mass is 9.99. The SMILES string of the molecule is CCC(C)C(N)C(=O)NC(CC(=O)O)C(=O)NC(C)C(=O)NC(Cc1ccc(O)cc1)C(=O)O. The van der Waals surface area contributed by atoms with Crippen molar-refractivity contribution in [3.05, 3.63) is 29.8 Å². The van der Waals surface area contributed by atoms with Gasteiger partial charge in [-0.3, -0.25) is 19.2 Å². The van der Waals surface area contributed by atoms with E-state index in [-0.39, 0.29) is 18.1 Å². The molecule has 0 saturated heterocycles. The van der Waals surface area contributed by atoms with Crippen LogP contribution < -0.4 is 21.7 Å². The van der Waals surface area contributed by atoms with E-state index < -0.39 is 60.2 Å². The Bertz CT molecular complexity index is 889. The molecule has 0 fully saturated rings. The molecular formula is C22H32N4O8. The Morgan fingerprint density at radius 1 is 0.882 bits per heavy atom. The number of benzene rings is 1. The van der Waals surface area contributed by atoms with E-state index in [1.807, 2.05) is 6.92 Å². The molecule has 1 rings (SSSR count). The molecule has 34 heavy (non-hydrogen) atoms. The summed E-state index contributed by atoms with van der Waals surface area (Å²) in [5.41, 5.74) is 6.38. The van der Waals surface area contributed by atoms with Crippen LogP contribution in [0.4, 0.5) is 0 Å². The Morgan fingerprint density at radius 3 is 1.94 bits per heavy atom. The van der Waals surface area contributed by atoms with Gasteiger partial charge in [-0.25, -0.2) is 4.79 Å². The van der Waals surface area contributed by atoms with E-state index in [0.29, 0.717) is 12.0 Å². The third-order valence-electron chi connectivity index (χ3n) is 5.31. The van der Waals surface area contributed by atoms with Gasteiger partial charge in [-0.2, -0.15) is 0 Å². The molecule has 5 unspecified atom stereocenters. The van der Waals surface area contributed by atoms with E-state index in [1.165, 1.54) is 31.2 Å². The Balaban J connectivity index is 2.82. The lowest BCUT2D eigenvalue weighted by molar-refractivity contribution is -0.143. The maximum Gasteiger partial charge on any atom is 0.326 e. The van der Waals surface area contributed by atoms with Gasteiger partial charge < -0.3 is 37.0 Å². The van der Waals surface area contributed by atoms with E-state index >= 15 is 0 Å². The number of carbonyl (C=O) groups is 5. The van der Waals surface area contributed by atoms with Gasteiger partial charge in [0, 0.05) is 6.42 Å². The van der Waals surface area contributed by atoms with Crippen molar-refractivity contribution in [2.24, 2.45) is 11.7 Å². The topological polar surface area (TPSA) is 208 Å². The largest absolute Gasteiger partial charge is 0.508 e. The summed E-state index contributed by atoms with van der Waals surface area (Å²) in [5.74, 6) is -5.32. The molecule has 0 aliphatic rings. The fourth-order valence-electron chi connectivity index (χ4n) is 2.91. The molecule has 188 valence electrons. The van der Waals surface area contributed by atoms with Crippen molar-refractivity contribution >= 4 is 29.7 Å². The number of phenolic OH excluding ortho intramolecular Hbond substituents is 1. The molecule has 0 aliphatic heterocycles. The summed E-state index contributed by atoms with van der Waals surface area (Å²) in [6, 6.07) is 0.780. The second-order valence-corrected chi connectivity index (χ2v) is 8.07. The number of rotatable bonds is 13. The van der Waals surface area contributed by atoms with Crippen molar-refractivity contribution in [3.8, 4) is 5.75 Å². The highest BCUT2D eigenvalue weighted by Crippen LogP contribution is 2.12. The zero-order chi connectivity index (χ0) is 26.0. The summed E-state index contributed by atoms with van der Waals surface area (Å²) in [4.78, 5) is 60.1. The summed E-state index contributed by atoms with van der Waals surface area (Å²) in [7, 11) is 0. The van der Waals surface area contributed by atoms with Gasteiger partial charge >= 0.3 is 11.9 Å². The minimum Gasteiger partial charge on any atom is -0.508 e. The number of hydrogen-bond donors (Lipinski definition) is 7. The van der Waals surface area contributed by atoms with Gasteiger partial charge in [0.1, 0.15) is 23.9 Å². The van der Waals surface area contributed by atoms with Crippen LogP contribution in [0.3, 0.4) is 0 Å². The molecule has 0 saturated carbocycles. The molecule has 0 heterocycles. The normalized spacial score (nSPS) is 15.2. The first-order valence-electron chi connectivity index (χ1n) is 10.7. The number of nitrogens with two attached hydrogens (primary N) is 1. The monoisotopic (exact) mass is 480 g/mol. The number of carboxylic acids is 2. The van der Waals surface area contributed by atoms with Gasteiger partial charge in [-0.1, -0.05) is 32.4 Å². The number of nitrogens with one attached hydrogen (secondary N) is 3. The zero-order valence-corrected chi connectivity index (χ0v) is 19.3. The number of aromatic hydroxyl groups is 1. The molecule has 0 radical (unpaired) electrons. The fourth-order valence-corrected chi connectivity index (χ4v) is 2.91. The minimum absolute atomic E-state index is 0.00380. The molecular weight excluding hydrogens is 448 g/mol. The Labute approximate surface area is 196 Å². The average molecular weight is 481 g/mol. The molecule has 0 aromatic heterocycles. The van der Waals surface area contributed by atoms with Crippen molar-refractivity contribution < 1.29 is 39.3 Å². The summed E-state index contributed by atoms with van der Waals surface area (Å²) in [5, 5.41) is 34.8. The molecule has 8 N–H and O–H groups in total. The molecule has 1 aromatic carbocycles. The second-order valence-electron chi connectivity index (χ2n) is 8.07. The molecule has 0 aliphatic carbocycles. The van der Waals surface area contributed by atoms with E-state index in [0.717, 1.165) is 0 Å². The molecule has 12 nitrogen and oxygen atoms in total. The van der Waals surface area contributed by atoms with Crippen LogP contribution in [-0.4, -0.2) is 69.1 Å². The van der Waals surface area contributed by atoms with Gasteiger partial charge in [-0.05, 0) is 30.5 Å². The van der Waals surface area contributed by atoms with Crippen LogP contribution in [0.2, 0.25) is 0 Å². The van der Waals surface area contributed by atoms with Crippen LogP contribution in [-0.2, 0) is 30.4 Å². The third-order valence-corrected chi connectivity index (χ3v) is 5.31. The van der Waals surface area contributed by atoms with Crippen LogP contribution in [0.1, 0.15) is 39.2 Å². The van der Waals surface area contributed by atoms with Crippen molar-refractivity contribution in [1.29, 1.82) is 0 Å². The van der Waals surface area contributed by atoms with Crippen molar-refractivity contribution in [1.82, 2.24) is 16.0 Å². The minimum atomic E-state index is -1.48. The van der Waals surface area contributed by atoms with Crippen molar-refractivity contribution in [2.75, 3.05) is 0 Å². The molecule has 3 amide bonds. The molecule has 12 heteroatoms. The first kappa shape index (κ1) is 28.4. The van der Waals surface area contributed by atoms with Crippen LogP contribution >= 0.6 is 0 Å². The van der Waals surface area contributed by atoms with Gasteiger partial charge in [0.25, 0.3) is 0 Å². The molecule has 0 bridgehead atoms. The van der Waals surface area contributed by atoms with E-state index in [2.05, 4.69) is 16.0 Å². The van der Waals surface area contributed by atoms with Crippen LogP contribution in [0.15, 0.2) is 24.3 Å². The van der Waals surface area contributed by atoms with Crippen molar-refractivity contribution in [3.63, 3.8) is 0 Å². The van der Waals surface area contributed by atoms with E-state index in [9.17, 15) is 34.2 Å². The van der Waals surface area contributed by atoms with Gasteiger partial charge in [0.2, 0.25) is 17.7 Å². The van der Waals surface area contributed by atoms with E-state index in [1.54, 1.807) is 6.92 Å². The summed E-state index contributed by atoms with van der Waals surface area (Å²) in [6.45, 7) is 4.85. The number of carboxylic acid groups (broad SMARTS) is 2. The van der Waals surface area contributed by atoms with Gasteiger partial charge in [0.15, 0.2) is 0 Å². The standard InChI is InChI=1S/C22H32N4O8/c1-4-11(2)18(23)21(32)25-15(10-17(28)29)20(31)24-12(3)19(30)26-16(22(33)34)9-13-5-7-14(27)8-6-13/h5-8,11-12,15-16,18,27H,4,9-10,23H2,1-3H3,(H,24,31)(H,25,32)(H,26,30)(H,28,29)(H,33,34). The number of carbonyl (C=O) groups excluding carboxylic acids is 3. The van der Waals surface area contributed by atoms with Gasteiger partial charge in [-0.15, -0.1) is 0 Å².